The summed E-state index contributed by atoms with van der Waals surface area (Å²) >= 11 is 7.58. The lowest BCUT2D eigenvalue weighted by atomic mass is 9.49. The van der Waals surface area contributed by atoms with Gasteiger partial charge in [0.15, 0.2) is 0 Å². The van der Waals surface area contributed by atoms with Gasteiger partial charge in [-0.2, -0.15) is 0 Å². The Morgan fingerprint density at radius 1 is 0.344 bits per heavy atom. The zero-order valence-corrected chi connectivity index (χ0v) is 61.9. The summed E-state index contributed by atoms with van der Waals surface area (Å²) in [4.78, 5) is 42.1. The molecule has 8 rings (SSSR count). The van der Waals surface area contributed by atoms with Crippen LogP contribution >= 0.6 is 45.3 Å². The number of ketones is 2. The highest BCUT2D eigenvalue weighted by Crippen LogP contribution is 2.65. The average Bonchev–Trinajstić information content (AvgIpc) is 1.50. The quantitative estimate of drug-likeness (QED) is 0.0413. The Morgan fingerprint density at radius 3 is 1.02 bits per heavy atom. The smallest absolute Gasteiger partial charge is 0.144 e. The van der Waals surface area contributed by atoms with Gasteiger partial charge in [-0.3, -0.25) is 9.59 Å². The molecule has 504 valence electrons. The third-order valence-corrected chi connectivity index (χ3v) is 28.0. The number of unbranched alkanes of at least 4 members (excludes halogenated alkanes) is 32. The Bertz CT molecular complexity index is 2590. The highest BCUT2D eigenvalue weighted by molar-refractivity contribution is 7.22. The minimum atomic E-state index is 0.00743. The van der Waals surface area contributed by atoms with Crippen LogP contribution in [-0.4, -0.2) is 11.6 Å². The van der Waals surface area contributed by atoms with Crippen molar-refractivity contribution in [2.24, 2.45) is 59.2 Å². The van der Waals surface area contributed by atoms with E-state index in [1.807, 2.05) is 45.3 Å². The van der Waals surface area contributed by atoms with E-state index in [4.69, 9.17) is 0 Å². The zero-order valence-electron chi connectivity index (χ0n) is 58.7. The number of hydrogen-bond acceptors (Lipinski definition) is 6. The molecule has 0 N–H and O–H groups in total. The van der Waals surface area contributed by atoms with Gasteiger partial charge in [0.25, 0.3) is 0 Å². The minimum Gasteiger partial charge on any atom is -0.299 e. The predicted octanol–water partition coefficient (Wildman–Crippen LogP) is 28.6. The number of aryl methyl sites for hydroxylation is 2. The molecule has 4 aromatic rings. The van der Waals surface area contributed by atoms with Crippen LogP contribution in [0, 0.1) is 73.0 Å². The minimum absolute atomic E-state index is 0.00743. The summed E-state index contributed by atoms with van der Waals surface area (Å²) < 4.78 is 0. The number of Topliss-reactive ketones (excluding diaryl/α,β-unsaturated/α-hetero) is 2. The molecule has 4 aliphatic rings. The van der Waals surface area contributed by atoms with Crippen molar-refractivity contribution in [1.29, 1.82) is 0 Å². The van der Waals surface area contributed by atoms with Gasteiger partial charge in [0.1, 0.15) is 11.6 Å². The van der Waals surface area contributed by atoms with Crippen molar-refractivity contribution in [3.63, 3.8) is 0 Å². The van der Waals surface area contributed by atoms with E-state index in [2.05, 4.69) is 102 Å². The van der Waals surface area contributed by atoms with Gasteiger partial charge in [0.2, 0.25) is 0 Å². The second-order valence-corrected chi connectivity index (χ2v) is 35.2. The van der Waals surface area contributed by atoms with Crippen LogP contribution in [0.2, 0.25) is 0 Å². The van der Waals surface area contributed by atoms with Crippen molar-refractivity contribution >= 4 is 69.1 Å². The molecule has 12 unspecified atom stereocenters. The fourth-order valence-corrected chi connectivity index (χ4v) is 22.3. The molecule has 6 heteroatoms. The summed E-state index contributed by atoms with van der Waals surface area (Å²) in [5.41, 5.74) is 0. The highest BCUT2D eigenvalue weighted by atomic mass is 32.1. The summed E-state index contributed by atoms with van der Waals surface area (Å²) in [6.07, 6.45) is 66.9. The van der Waals surface area contributed by atoms with E-state index in [0.717, 1.165) is 37.5 Å². The summed E-state index contributed by atoms with van der Waals surface area (Å²) in [5, 5.41) is 0. The molecule has 0 bridgehead atoms. The lowest BCUT2D eigenvalue weighted by Gasteiger charge is -2.55. The van der Waals surface area contributed by atoms with Crippen LogP contribution in [0.25, 0.3) is 21.9 Å². The van der Waals surface area contributed by atoms with Gasteiger partial charge in [-0.05, 0) is 160 Å². The van der Waals surface area contributed by atoms with E-state index in [0.29, 0.717) is 47.1 Å². The van der Waals surface area contributed by atoms with Crippen molar-refractivity contribution in [2.45, 2.75) is 349 Å². The van der Waals surface area contributed by atoms with Crippen LogP contribution in [0.4, 0.5) is 0 Å². The van der Waals surface area contributed by atoms with Crippen molar-refractivity contribution in [3.8, 4) is 9.75 Å². The number of carbonyl (C=O) groups excluding carboxylic acids is 2. The van der Waals surface area contributed by atoms with E-state index >= 15 is 9.59 Å². The number of fused-ring (bicyclic) bond motifs is 3. The van der Waals surface area contributed by atoms with Crippen LogP contribution in [-0.2, 0) is 9.59 Å². The maximum atomic E-state index is 15.9. The molecule has 2 nitrogen and oxygen atoms in total. The molecule has 0 aliphatic heterocycles. The second-order valence-electron chi connectivity index (χ2n) is 30.4. The maximum absolute atomic E-state index is 15.9. The van der Waals surface area contributed by atoms with Gasteiger partial charge >= 0.3 is 0 Å². The molecular weight excluding hydrogens is 1170 g/mol. The van der Waals surface area contributed by atoms with Gasteiger partial charge in [-0.15, -0.1) is 45.3 Å². The second kappa shape index (κ2) is 41.8. The van der Waals surface area contributed by atoms with Crippen LogP contribution in [0.5, 0.6) is 0 Å². The van der Waals surface area contributed by atoms with E-state index in [-0.39, 0.29) is 23.7 Å². The number of carbonyl (C=O) groups is 2. The van der Waals surface area contributed by atoms with Gasteiger partial charge in [-0.25, -0.2) is 0 Å². The Labute approximate surface area is 570 Å². The molecule has 0 saturated heterocycles. The summed E-state index contributed by atoms with van der Waals surface area (Å²) in [6, 6.07) is 18.4. The van der Waals surface area contributed by atoms with Crippen molar-refractivity contribution in [2.75, 3.05) is 0 Å². The van der Waals surface area contributed by atoms with Gasteiger partial charge in [-0.1, -0.05) is 285 Å². The normalized spacial score (nSPS) is 23.9. The lowest BCUT2D eigenvalue weighted by molar-refractivity contribution is -0.134. The number of hydrogen-bond donors (Lipinski definition) is 0. The third-order valence-electron chi connectivity index (χ3n) is 23.5. The standard InChI is InChI=1S/C84H132O2S4/c1-7-11-15-19-23-27-29-33-37-41-45-65(43-39-35-31-25-21-17-13-9-3)57-69-72-60-76-74(62-78(84(76)86)80-55-56-82(90-80)81-54-52-68(89-81)51-50-67-49-47-63(5)87-67)70(71(72)59-75-73(69)61-77(83(75)85)79-53-48-64(6)88-79)58-66(44-40-36-32-26-22-18-14-10-4)46-42-38-34-30-28-24-20-16-12-8-2/h47-56,65-66,69-78H,7-46,57-62H2,1-6H3/b51-50+. The molecule has 4 saturated carbocycles. The maximum Gasteiger partial charge on any atom is 0.144 e. The van der Waals surface area contributed by atoms with Crippen LogP contribution in [0.1, 0.15) is 364 Å². The van der Waals surface area contributed by atoms with Crippen LogP contribution < -0.4 is 0 Å². The number of thiophene rings is 4. The van der Waals surface area contributed by atoms with Crippen LogP contribution in [0.3, 0.4) is 0 Å². The van der Waals surface area contributed by atoms with E-state index in [1.54, 1.807) is 0 Å². The first-order chi connectivity index (χ1) is 44.2. The van der Waals surface area contributed by atoms with Gasteiger partial charge in [0.05, 0.1) is 11.8 Å². The SMILES string of the molecule is CCCCCCCCCCCCC(CCCCCCCCCC)CC1C2CC(c3ccc(C)s3)C(=O)C2CC2C(CC(CCCCCCCCCC)CCCCCCCCCCCC)C3CC(c4ccc(-c5ccc(/C=C/c6ccc(C)s6)s5)s4)C(=O)C3CC12. The lowest BCUT2D eigenvalue weighted by Crippen LogP contribution is -2.50. The topological polar surface area (TPSA) is 34.1 Å². The fourth-order valence-electron chi connectivity index (χ4n) is 18.4. The summed E-state index contributed by atoms with van der Waals surface area (Å²) in [7, 11) is 0. The first kappa shape index (κ1) is 73.7. The highest BCUT2D eigenvalue weighted by Gasteiger charge is 2.61. The predicted molar refractivity (Wildman–Crippen MR) is 400 cm³/mol. The van der Waals surface area contributed by atoms with Gasteiger partial charge in [0, 0.05) is 50.9 Å². The largest absolute Gasteiger partial charge is 0.299 e. The Morgan fingerprint density at radius 2 is 0.656 bits per heavy atom. The molecule has 4 fully saturated rings. The Hall–Kier alpha value is -2.12. The summed E-state index contributed by atoms with van der Waals surface area (Å²) in [5.74, 6) is 6.18. The van der Waals surface area contributed by atoms with E-state index in [9.17, 15) is 0 Å². The first-order valence-corrected chi connectivity index (χ1v) is 42.5. The third kappa shape index (κ3) is 23.3. The molecule has 4 aromatic heterocycles. The molecule has 0 spiro atoms. The Kier molecular flexibility index (Phi) is 34.2. The molecule has 0 radical (unpaired) electrons. The monoisotopic (exact) mass is 1300 g/mol. The molecule has 0 amide bonds. The molecule has 4 heterocycles. The van der Waals surface area contributed by atoms with Crippen molar-refractivity contribution in [3.05, 3.63) is 77.8 Å². The number of rotatable bonds is 49. The molecular formula is C84H132O2S4. The molecule has 12 atom stereocenters. The van der Waals surface area contributed by atoms with Crippen molar-refractivity contribution in [1.82, 2.24) is 0 Å². The van der Waals surface area contributed by atoms with Gasteiger partial charge < -0.3 is 0 Å². The fraction of sp³-hybridized carbons (Fsp3) is 0.762. The first-order valence-electron chi connectivity index (χ1n) is 39.3. The molecule has 0 aromatic carbocycles. The zero-order chi connectivity index (χ0) is 63.1. The Balaban J connectivity index is 1.07. The summed E-state index contributed by atoms with van der Waals surface area (Å²) in [6.45, 7) is 13.8. The average molecular weight is 1300 g/mol. The molecule has 4 aliphatic carbocycles. The van der Waals surface area contributed by atoms with E-state index in [1.165, 1.54) is 309 Å². The molecule has 90 heavy (non-hydrogen) atoms. The van der Waals surface area contributed by atoms with E-state index < -0.39 is 0 Å². The van der Waals surface area contributed by atoms with Crippen LogP contribution in [0.15, 0.2) is 48.5 Å². The van der Waals surface area contributed by atoms with Crippen molar-refractivity contribution < 1.29 is 9.59 Å².